The minimum atomic E-state index is -0.223. The van der Waals surface area contributed by atoms with E-state index in [0.717, 1.165) is 13.1 Å². The lowest BCUT2D eigenvalue weighted by atomic mass is 9.94. The molecular formula is C24H25FN4O2. The van der Waals surface area contributed by atoms with Gasteiger partial charge in [-0.2, -0.15) is 5.10 Å². The van der Waals surface area contributed by atoms with Crippen LogP contribution in [0.4, 0.5) is 4.39 Å². The predicted molar refractivity (Wildman–Crippen MR) is 114 cm³/mol. The Balaban J connectivity index is 1.39. The number of aryl methyl sites for hydroxylation is 1. The standard InChI is InChI=1S/C24H25FN4O2/c1-28-22(9-10-26-28)24(30)27-23-18-6-4-3-5-17(18)19-13-29(14-20(19)23)12-15-11-16(31-2)7-8-21(15)25/h3-11,19-20,23H,12-14H2,1-2H3,(H,27,30)/t19-,20-,23+/m0/s1. The van der Waals surface area contributed by atoms with E-state index < -0.39 is 0 Å². The van der Waals surface area contributed by atoms with E-state index in [1.165, 1.54) is 17.2 Å². The van der Waals surface area contributed by atoms with Gasteiger partial charge < -0.3 is 10.1 Å². The molecule has 0 spiro atoms. The number of amides is 1. The fourth-order valence-electron chi connectivity index (χ4n) is 5.11. The maximum Gasteiger partial charge on any atom is 0.270 e. The number of nitrogens with one attached hydrogen (secondary N) is 1. The van der Waals surface area contributed by atoms with Gasteiger partial charge in [-0.25, -0.2) is 4.39 Å². The lowest BCUT2D eigenvalue weighted by molar-refractivity contribution is 0.0914. The van der Waals surface area contributed by atoms with Gasteiger partial charge in [0.15, 0.2) is 0 Å². The molecule has 0 saturated carbocycles. The van der Waals surface area contributed by atoms with E-state index in [1.807, 2.05) is 12.1 Å². The summed E-state index contributed by atoms with van der Waals surface area (Å²) in [5.41, 5.74) is 3.62. The van der Waals surface area contributed by atoms with Crippen molar-refractivity contribution in [1.29, 1.82) is 0 Å². The molecule has 1 N–H and O–H groups in total. The SMILES string of the molecule is COc1ccc(F)c(CN2C[C@@H]3[C@H](NC(=O)c4ccnn4C)c4ccccc4[C@@H]3C2)c1. The topological polar surface area (TPSA) is 59.4 Å². The number of fused-ring (bicyclic) bond motifs is 3. The molecule has 7 heteroatoms. The van der Waals surface area contributed by atoms with Gasteiger partial charge in [-0.15, -0.1) is 0 Å². The summed E-state index contributed by atoms with van der Waals surface area (Å²) in [7, 11) is 3.35. The van der Waals surface area contributed by atoms with E-state index in [-0.39, 0.29) is 23.7 Å². The number of halogens is 1. The summed E-state index contributed by atoms with van der Waals surface area (Å²) in [5, 5.41) is 7.35. The third kappa shape index (κ3) is 3.49. The Morgan fingerprint density at radius 2 is 2.00 bits per heavy atom. The zero-order valence-corrected chi connectivity index (χ0v) is 17.6. The smallest absolute Gasteiger partial charge is 0.270 e. The average Bonchev–Trinajstić information content (AvgIpc) is 3.45. The van der Waals surface area contributed by atoms with Crippen LogP contribution in [0.5, 0.6) is 5.75 Å². The zero-order chi connectivity index (χ0) is 21.5. The van der Waals surface area contributed by atoms with Crippen LogP contribution in [0.2, 0.25) is 0 Å². The summed E-state index contributed by atoms with van der Waals surface area (Å²) >= 11 is 0. The molecule has 1 aliphatic heterocycles. The van der Waals surface area contributed by atoms with Crippen LogP contribution >= 0.6 is 0 Å². The zero-order valence-electron chi connectivity index (χ0n) is 17.6. The summed E-state index contributed by atoms with van der Waals surface area (Å²) in [6.07, 6.45) is 1.63. The fraction of sp³-hybridized carbons (Fsp3) is 0.333. The minimum absolute atomic E-state index is 0.0799. The van der Waals surface area contributed by atoms with Crippen LogP contribution < -0.4 is 10.1 Å². The van der Waals surface area contributed by atoms with Crippen molar-refractivity contribution in [2.45, 2.75) is 18.5 Å². The summed E-state index contributed by atoms with van der Waals surface area (Å²) in [4.78, 5) is 15.2. The van der Waals surface area contributed by atoms with E-state index in [0.29, 0.717) is 29.5 Å². The predicted octanol–water partition coefficient (Wildman–Crippen LogP) is 3.27. The monoisotopic (exact) mass is 420 g/mol. The molecule has 0 unspecified atom stereocenters. The number of carbonyl (C=O) groups is 1. The molecule has 3 aromatic rings. The number of carbonyl (C=O) groups excluding carboxylic acids is 1. The summed E-state index contributed by atoms with van der Waals surface area (Å²) < 4.78 is 21.2. The van der Waals surface area contributed by atoms with Crippen molar-refractivity contribution in [3.63, 3.8) is 0 Å². The molecule has 2 heterocycles. The number of nitrogens with zero attached hydrogens (tertiary/aromatic N) is 3. The quantitative estimate of drug-likeness (QED) is 0.688. The lowest BCUT2D eigenvalue weighted by Gasteiger charge is -2.23. The Kier molecular flexibility index (Phi) is 4.98. The molecule has 0 radical (unpaired) electrons. The van der Waals surface area contributed by atoms with E-state index in [9.17, 15) is 9.18 Å². The Labute approximate surface area is 180 Å². The molecule has 1 aromatic heterocycles. The average molecular weight is 420 g/mol. The third-order valence-electron chi connectivity index (χ3n) is 6.59. The number of likely N-dealkylation sites (tertiary alicyclic amines) is 1. The Hall–Kier alpha value is -3.19. The van der Waals surface area contributed by atoms with Crippen molar-refractivity contribution in [3.05, 3.63) is 82.9 Å². The van der Waals surface area contributed by atoms with Crippen LogP contribution in [-0.4, -0.2) is 40.8 Å². The summed E-state index contributed by atoms with van der Waals surface area (Å²) in [5.74, 6) is 0.851. The van der Waals surface area contributed by atoms with Crippen molar-refractivity contribution in [2.24, 2.45) is 13.0 Å². The molecule has 160 valence electrons. The van der Waals surface area contributed by atoms with Crippen LogP contribution in [0.15, 0.2) is 54.7 Å². The lowest BCUT2D eigenvalue weighted by Crippen LogP contribution is -2.34. The van der Waals surface area contributed by atoms with Gasteiger partial charge >= 0.3 is 0 Å². The first kappa shape index (κ1) is 19.8. The Morgan fingerprint density at radius 1 is 1.19 bits per heavy atom. The molecule has 5 rings (SSSR count). The van der Waals surface area contributed by atoms with Gasteiger partial charge in [0, 0.05) is 50.3 Å². The van der Waals surface area contributed by atoms with Crippen LogP contribution in [0.1, 0.15) is 39.1 Å². The number of rotatable bonds is 5. The van der Waals surface area contributed by atoms with E-state index >= 15 is 0 Å². The van der Waals surface area contributed by atoms with Gasteiger partial charge in [-0.05, 0) is 35.4 Å². The van der Waals surface area contributed by atoms with E-state index in [4.69, 9.17) is 4.74 Å². The maximum absolute atomic E-state index is 14.4. The third-order valence-corrected chi connectivity index (χ3v) is 6.59. The van der Waals surface area contributed by atoms with Crippen molar-refractivity contribution >= 4 is 5.91 Å². The first-order chi connectivity index (χ1) is 15.0. The molecule has 31 heavy (non-hydrogen) atoms. The molecule has 1 fully saturated rings. The normalized spacial score (nSPS) is 22.2. The highest BCUT2D eigenvalue weighted by molar-refractivity contribution is 5.92. The Bertz CT molecular complexity index is 1130. The molecule has 2 aliphatic rings. The largest absolute Gasteiger partial charge is 0.497 e. The molecule has 1 amide bonds. The van der Waals surface area contributed by atoms with Gasteiger partial charge in [0.1, 0.15) is 17.3 Å². The van der Waals surface area contributed by atoms with Crippen molar-refractivity contribution < 1.29 is 13.9 Å². The van der Waals surface area contributed by atoms with Crippen molar-refractivity contribution in [1.82, 2.24) is 20.0 Å². The van der Waals surface area contributed by atoms with E-state index in [1.54, 1.807) is 43.2 Å². The molecule has 6 nitrogen and oxygen atoms in total. The summed E-state index contributed by atoms with van der Waals surface area (Å²) in [6.45, 7) is 2.13. The van der Waals surface area contributed by atoms with Gasteiger partial charge in [0.25, 0.3) is 5.91 Å². The van der Waals surface area contributed by atoms with Gasteiger partial charge in [-0.3, -0.25) is 14.4 Å². The second-order valence-corrected chi connectivity index (χ2v) is 8.34. The molecule has 1 saturated heterocycles. The van der Waals surface area contributed by atoms with Crippen LogP contribution in [-0.2, 0) is 13.6 Å². The molecule has 1 aliphatic carbocycles. The highest BCUT2D eigenvalue weighted by atomic mass is 19.1. The molecule has 2 aromatic carbocycles. The molecule has 0 bridgehead atoms. The first-order valence-corrected chi connectivity index (χ1v) is 10.5. The number of hydrogen-bond donors (Lipinski definition) is 1. The van der Waals surface area contributed by atoms with Crippen molar-refractivity contribution in [2.75, 3.05) is 20.2 Å². The minimum Gasteiger partial charge on any atom is -0.497 e. The summed E-state index contributed by atoms with van der Waals surface area (Å²) in [6, 6.07) is 14.8. The highest BCUT2D eigenvalue weighted by Gasteiger charge is 2.46. The number of hydrogen-bond acceptors (Lipinski definition) is 4. The highest BCUT2D eigenvalue weighted by Crippen LogP contribution is 2.49. The number of methoxy groups -OCH3 is 1. The second kappa shape index (κ2) is 7.81. The van der Waals surface area contributed by atoms with Crippen molar-refractivity contribution in [3.8, 4) is 5.75 Å². The number of ether oxygens (including phenoxy) is 1. The van der Waals surface area contributed by atoms with Gasteiger partial charge in [-0.1, -0.05) is 24.3 Å². The van der Waals surface area contributed by atoms with Crippen LogP contribution in [0, 0.1) is 11.7 Å². The molecular weight excluding hydrogens is 395 g/mol. The molecule has 3 atom stereocenters. The number of benzene rings is 2. The first-order valence-electron chi connectivity index (χ1n) is 10.5. The maximum atomic E-state index is 14.4. The van der Waals surface area contributed by atoms with Crippen LogP contribution in [0.25, 0.3) is 0 Å². The van der Waals surface area contributed by atoms with E-state index in [2.05, 4.69) is 27.4 Å². The van der Waals surface area contributed by atoms with Gasteiger partial charge in [0.05, 0.1) is 13.2 Å². The van der Waals surface area contributed by atoms with Gasteiger partial charge in [0.2, 0.25) is 0 Å². The fourth-order valence-corrected chi connectivity index (χ4v) is 5.11. The Morgan fingerprint density at radius 3 is 2.74 bits per heavy atom. The number of aromatic nitrogens is 2. The van der Waals surface area contributed by atoms with Crippen LogP contribution in [0.3, 0.4) is 0 Å². The second-order valence-electron chi connectivity index (χ2n) is 8.34.